The van der Waals surface area contributed by atoms with Gasteiger partial charge in [-0.15, -0.1) is 0 Å². The van der Waals surface area contributed by atoms with Crippen molar-refractivity contribution in [1.82, 2.24) is 4.98 Å². The molecule has 0 bridgehead atoms. The second-order valence-electron chi connectivity index (χ2n) is 6.72. The van der Waals surface area contributed by atoms with Gasteiger partial charge in [-0.05, 0) is 55.2 Å². The van der Waals surface area contributed by atoms with E-state index in [0.29, 0.717) is 23.6 Å². The number of aromatic nitrogens is 1. The van der Waals surface area contributed by atoms with E-state index in [0.717, 1.165) is 25.4 Å². The molecule has 8 heteroatoms. The first-order valence-electron chi connectivity index (χ1n) is 8.51. The topological polar surface area (TPSA) is 28.2 Å². The molecule has 1 aromatic heterocycles. The normalized spacial score (nSPS) is 19.8. The van der Waals surface area contributed by atoms with Crippen LogP contribution in [0.15, 0.2) is 29.2 Å². The zero-order chi connectivity index (χ0) is 18.3. The van der Waals surface area contributed by atoms with Gasteiger partial charge in [0.2, 0.25) is 5.95 Å². The van der Waals surface area contributed by atoms with Crippen LogP contribution in [-0.2, 0) is 0 Å². The summed E-state index contributed by atoms with van der Waals surface area (Å²) in [6.07, 6.45) is 3.54. The molecular formula is C18H17ClF3N3S. The van der Waals surface area contributed by atoms with E-state index in [1.54, 1.807) is 0 Å². The van der Waals surface area contributed by atoms with Crippen LogP contribution in [-0.4, -0.2) is 18.1 Å². The van der Waals surface area contributed by atoms with Gasteiger partial charge in [-0.1, -0.05) is 17.7 Å². The Labute approximate surface area is 159 Å². The van der Waals surface area contributed by atoms with Crippen molar-refractivity contribution in [1.29, 1.82) is 0 Å². The van der Waals surface area contributed by atoms with Crippen LogP contribution in [0.4, 0.5) is 24.7 Å². The Morgan fingerprint density at radius 3 is 2.69 bits per heavy atom. The van der Waals surface area contributed by atoms with Gasteiger partial charge in [0.15, 0.2) is 5.82 Å². The predicted molar refractivity (Wildman–Crippen MR) is 98.1 cm³/mol. The Bertz CT molecular complexity index is 832. The summed E-state index contributed by atoms with van der Waals surface area (Å²) in [7, 11) is 0. The van der Waals surface area contributed by atoms with Crippen LogP contribution in [0.3, 0.4) is 0 Å². The van der Waals surface area contributed by atoms with Crippen LogP contribution >= 0.6 is 23.5 Å². The number of halogens is 4. The standard InChI is InChI=1S/C18H17ClF3N3S/c19-16-13(25-7-6-11(9-25)10-4-5-10)8-12(20)18(17(16)22)26-24-15-3-1-2-14(21)23-15/h1-3,8,10-11H,4-7,9H2,(H,23,24). The molecule has 1 saturated carbocycles. The quantitative estimate of drug-likeness (QED) is 0.408. The fraction of sp³-hybridized carbons (Fsp3) is 0.389. The van der Waals surface area contributed by atoms with Crippen LogP contribution in [0.1, 0.15) is 19.3 Å². The Hall–Kier alpha value is -1.60. The second kappa shape index (κ2) is 7.19. The lowest BCUT2D eigenvalue weighted by Crippen LogP contribution is -2.21. The zero-order valence-corrected chi connectivity index (χ0v) is 15.4. The Morgan fingerprint density at radius 1 is 1.15 bits per heavy atom. The number of anilines is 2. The van der Waals surface area contributed by atoms with Crippen LogP contribution in [0.2, 0.25) is 5.02 Å². The Morgan fingerprint density at radius 2 is 1.96 bits per heavy atom. The van der Waals surface area contributed by atoms with Gasteiger partial charge in [0.05, 0.1) is 5.69 Å². The number of hydrogen-bond acceptors (Lipinski definition) is 4. The molecule has 3 nitrogen and oxygen atoms in total. The van der Waals surface area contributed by atoms with Gasteiger partial charge in [0, 0.05) is 19.2 Å². The maximum absolute atomic E-state index is 14.7. The first kappa shape index (κ1) is 17.8. The number of nitrogens with one attached hydrogen (secondary N) is 1. The monoisotopic (exact) mass is 399 g/mol. The van der Waals surface area contributed by atoms with E-state index in [9.17, 15) is 13.2 Å². The highest BCUT2D eigenvalue weighted by molar-refractivity contribution is 8.00. The lowest BCUT2D eigenvalue weighted by atomic mass is 10.0. The molecule has 0 amide bonds. The molecule has 1 unspecified atom stereocenters. The van der Waals surface area contributed by atoms with E-state index < -0.39 is 17.6 Å². The summed E-state index contributed by atoms with van der Waals surface area (Å²) in [6, 6.07) is 5.43. The van der Waals surface area contributed by atoms with Crippen LogP contribution in [0.25, 0.3) is 0 Å². The van der Waals surface area contributed by atoms with Gasteiger partial charge in [-0.3, -0.25) is 0 Å². The highest BCUT2D eigenvalue weighted by atomic mass is 35.5. The fourth-order valence-electron chi connectivity index (χ4n) is 3.42. The summed E-state index contributed by atoms with van der Waals surface area (Å²) in [4.78, 5) is 5.30. The minimum absolute atomic E-state index is 0.0839. The number of pyridine rings is 1. The lowest BCUT2D eigenvalue weighted by molar-refractivity contribution is 0.513. The largest absolute Gasteiger partial charge is 0.370 e. The molecule has 2 aliphatic rings. The van der Waals surface area contributed by atoms with E-state index in [-0.39, 0.29) is 15.7 Å². The van der Waals surface area contributed by atoms with Crippen molar-refractivity contribution in [2.75, 3.05) is 22.7 Å². The van der Waals surface area contributed by atoms with Crippen molar-refractivity contribution in [3.05, 3.63) is 46.9 Å². The molecular weight excluding hydrogens is 383 g/mol. The molecule has 4 rings (SSSR count). The molecule has 1 aliphatic heterocycles. The number of benzene rings is 1. The molecule has 0 radical (unpaired) electrons. The van der Waals surface area contributed by atoms with Crippen LogP contribution in [0, 0.1) is 29.4 Å². The molecule has 26 heavy (non-hydrogen) atoms. The van der Waals surface area contributed by atoms with E-state index >= 15 is 0 Å². The van der Waals surface area contributed by atoms with Gasteiger partial charge >= 0.3 is 0 Å². The molecule has 1 N–H and O–H groups in total. The van der Waals surface area contributed by atoms with Gasteiger partial charge in [-0.25, -0.2) is 13.8 Å². The van der Waals surface area contributed by atoms with Crippen LogP contribution < -0.4 is 9.62 Å². The average molecular weight is 400 g/mol. The van der Waals surface area contributed by atoms with E-state index in [1.165, 1.54) is 37.1 Å². The minimum Gasteiger partial charge on any atom is -0.370 e. The van der Waals surface area contributed by atoms with Crippen molar-refractivity contribution < 1.29 is 13.2 Å². The lowest BCUT2D eigenvalue weighted by Gasteiger charge is -2.21. The van der Waals surface area contributed by atoms with Crippen molar-refractivity contribution in [3.63, 3.8) is 0 Å². The molecule has 1 aliphatic carbocycles. The fourth-order valence-corrected chi connectivity index (χ4v) is 4.41. The molecule has 0 spiro atoms. The first-order chi connectivity index (χ1) is 12.5. The molecule has 1 saturated heterocycles. The highest BCUT2D eigenvalue weighted by Crippen LogP contribution is 2.44. The highest BCUT2D eigenvalue weighted by Gasteiger charge is 2.37. The summed E-state index contributed by atoms with van der Waals surface area (Å²) >= 11 is 6.88. The maximum atomic E-state index is 14.7. The maximum Gasteiger partial charge on any atom is 0.214 e. The molecule has 2 heterocycles. The summed E-state index contributed by atoms with van der Waals surface area (Å²) in [5.41, 5.74) is 0.401. The number of rotatable bonds is 5. The first-order valence-corrected chi connectivity index (χ1v) is 9.70. The zero-order valence-electron chi connectivity index (χ0n) is 13.8. The van der Waals surface area contributed by atoms with E-state index in [1.807, 2.05) is 4.90 Å². The minimum atomic E-state index is -0.814. The smallest absolute Gasteiger partial charge is 0.214 e. The summed E-state index contributed by atoms with van der Waals surface area (Å²) in [5, 5.41) is -0.0839. The predicted octanol–water partition coefficient (Wildman–Crippen LogP) is 5.51. The molecule has 1 atom stereocenters. The Kier molecular flexibility index (Phi) is 4.92. The second-order valence-corrected chi connectivity index (χ2v) is 7.91. The Balaban J connectivity index is 1.52. The van der Waals surface area contributed by atoms with Gasteiger partial charge < -0.3 is 9.62 Å². The van der Waals surface area contributed by atoms with Crippen molar-refractivity contribution in [2.24, 2.45) is 11.8 Å². The van der Waals surface area contributed by atoms with E-state index in [2.05, 4.69) is 9.71 Å². The number of nitrogens with zero attached hydrogens (tertiary/aromatic N) is 2. The third-order valence-electron chi connectivity index (χ3n) is 4.92. The molecule has 2 aromatic rings. The SMILES string of the molecule is Fc1cccc(NSc2c(F)cc(N3CCC(C4CC4)C3)c(Cl)c2F)n1. The molecule has 138 valence electrons. The third kappa shape index (κ3) is 3.60. The van der Waals surface area contributed by atoms with Crippen LogP contribution in [0.5, 0.6) is 0 Å². The van der Waals surface area contributed by atoms with Crippen molar-refractivity contribution in [2.45, 2.75) is 24.2 Å². The summed E-state index contributed by atoms with van der Waals surface area (Å²) < 4.78 is 44.9. The molecule has 2 fully saturated rings. The third-order valence-corrected chi connectivity index (χ3v) is 6.17. The summed E-state index contributed by atoms with van der Waals surface area (Å²) in [6.45, 7) is 1.55. The van der Waals surface area contributed by atoms with E-state index in [4.69, 9.17) is 11.6 Å². The number of hydrogen-bond donors (Lipinski definition) is 1. The average Bonchev–Trinajstić information content (AvgIpc) is 3.35. The van der Waals surface area contributed by atoms with Gasteiger partial charge in [0.25, 0.3) is 0 Å². The van der Waals surface area contributed by atoms with Gasteiger partial charge in [-0.2, -0.15) is 4.39 Å². The van der Waals surface area contributed by atoms with Gasteiger partial charge in [0.1, 0.15) is 21.6 Å². The molecule has 1 aromatic carbocycles. The summed E-state index contributed by atoms with van der Waals surface area (Å²) in [5.74, 6) is -0.681. The van der Waals surface area contributed by atoms with Crippen molar-refractivity contribution >= 4 is 35.1 Å². The van der Waals surface area contributed by atoms with Crippen molar-refractivity contribution in [3.8, 4) is 0 Å².